The van der Waals surface area contributed by atoms with Gasteiger partial charge < -0.3 is 10.3 Å². The summed E-state index contributed by atoms with van der Waals surface area (Å²) in [7, 11) is 1.95. The van der Waals surface area contributed by atoms with Crippen LogP contribution in [0.1, 0.15) is 33.0 Å². The van der Waals surface area contributed by atoms with Gasteiger partial charge in [-0.05, 0) is 24.0 Å². The highest BCUT2D eigenvalue weighted by molar-refractivity contribution is 5.75. The van der Waals surface area contributed by atoms with Crippen LogP contribution >= 0.6 is 0 Å². The first-order valence-corrected chi connectivity index (χ1v) is 6.63. The Morgan fingerprint density at radius 2 is 2.05 bits per heavy atom. The molecule has 0 saturated heterocycles. The Hall–Kier alpha value is -1.42. The van der Waals surface area contributed by atoms with Crippen LogP contribution in [0, 0.1) is 11.2 Å². The van der Waals surface area contributed by atoms with Crippen LogP contribution < -0.4 is 5.73 Å². The van der Waals surface area contributed by atoms with E-state index in [9.17, 15) is 4.39 Å². The van der Waals surface area contributed by atoms with Crippen molar-refractivity contribution >= 4 is 11.0 Å². The highest BCUT2D eigenvalue weighted by atomic mass is 19.1. The maximum atomic E-state index is 13.2. The molecule has 1 unspecified atom stereocenters. The average molecular weight is 263 g/mol. The fourth-order valence-electron chi connectivity index (χ4n) is 2.50. The second-order valence-corrected chi connectivity index (χ2v) is 6.45. The summed E-state index contributed by atoms with van der Waals surface area (Å²) in [4.78, 5) is 4.49. The highest BCUT2D eigenvalue weighted by Crippen LogP contribution is 2.22. The van der Waals surface area contributed by atoms with E-state index in [1.165, 1.54) is 12.1 Å². The van der Waals surface area contributed by atoms with Gasteiger partial charge in [-0.1, -0.05) is 20.8 Å². The predicted octanol–water partition coefficient (Wildman–Crippen LogP) is 3.02. The van der Waals surface area contributed by atoms with E-state index in [0.29, 0.717) is 11.9 Å². The molecule has 0 aliphatic heterocycles. The van der Waals surface area contributed by atoms with Crippen LogP contribution in [-0.4, -0.2) is 15.6 Å². The van der Waals surface area contributed by atoms with Gasteiger partial charge in [-0.25, -0.2) is 9.37 Å². The maximum absolute atomic E-state index is 13.2. The van der Waals surface area contributed by atoms with Crippen LogP contribution in [-0.2, 0) is 13.5 Å². The van der Waals surface area contributed by atoms with Crippen molar-refractivity contribution in [3.05, 3.63) is 29.8 Å². The van der Waals surface area contributed by atoms with Crippen molar-refractivity contribution in [3.63, 3.8) is 0 Å². The molecule has 0 fully saturated rings. The minimum absolute atomic E-state index is 0.0698. The lowest BCUT2D eigenvalue weighted by atomic mass is 9.87. The third-order valence-electron chi connectivity index (χ3n) is 3.25. The van der Waals surface area contributed by atoms with Gasteiger partial charge >= 0.3 is 0 Å². The summed E-state index contributed by atoms with van der Waals surface area (Å²) in [6.07, 6.45) is 1.65. The number of fused-ring (bicyclic) bond motifs is 1. The topological polar surface area (TPSA) is 43.8 Å². The molecule has 4 heteroatoms. The summed E-state index contributed by atoms with van der Waals surface area (Å²) in [6.45, 7) is 6.53. The number of hydrogen-bond donors (Lipinski definition) is 1. The smallest absolute Gasteiger partial charge is 0.125 e. The Kier molecular flexibility index (Phi) is 3.63. The molecule has 0 aliphatic carbocycles. The molecule has 19 heavy (non-hydrogen) atoms. The second-order valence-electron chi connectivity index (χ2n) is 6.45. The van der Waals surface area contributed by atoms with E-state index < -0.39 is 0 Å². The van der Waals surface area contributed by atoms with Gasteiger partial charge in [-0.2, -0.15) is 0 Å². The summed E-state index contributed by atoms with van der Waals surface area (Å²) in [5, 5.41) is 0. The van der Waals surface area contributed by atoms with Crippen molar-refractivity contribution < 1.29 is 4.39 Å². The number of rotatable bonds is 3. The monoisotopic (exact) mass is 263 g/mol. The molecule has 1 aromatic carbocycles. The van der Waals surface area contributed by atoms with Gasteiger partial charge in [0.2, 0.25) is 0 Å². The number of aromatic nitrogens is 2. The lowest BCUT2D eigenvalue weighted by molar-refractivity contribution is 0.335. The molecule has 1 atom stereocenters. The first-order chi connectivity index (χ1) is 8.76. The molecule has 3 nitrogen and oxygen atoms in total. The number of imidazole rings is 1. The van der Waals surface area contributed by atoms with E-state index in [4.69, 9.17) is 5.73 Å². The van der Waals surface area contributed by atoms with Crippen molar-refractivity contribution in [1.82, 2.24) is 9.55 Å². The third-order valence-corrected chi connectivity index (χ3v) is 3.25. The normalized spacial score (nSPS) is 14.0. The lowest BCUT2D eigenvalue weighted by Gasteiger charge is -2.22. The number of benzene rings is 1. The fraction of sp³-hybridized carbons (Fsp3) is 0.533. The van der Waals surface area contributed by atoms with Crippen molar-refractivity contribution in [2.24, 2.45) is 18.2 Å². The van der Waals surface area contributed by atoms with Crippen LogP contribution in [0.3, 0.4) is 0 Å². The Balaban J connectivity index is 2.23. The van der Waals surface area contributed by atoms with Gasteiger partial charge in [0, 0.05) is 25.6 Å². The number of nitrogens with zero attached hydrogens (tertiary/aromatic N) is 2. The number of aryl methyl sites for hydroxylation is 1. The van der Waals surface area contributed by atoms with Crippen LogP contribution in [0.4, 0.5) is 4.39 Å². The molecule has 0 bridgehead atoms. The lowest BCUT2D eigenvalue weighted by Crippen LogP contribution is -2.29. The third kappa shape index (κ3) is 3.32. The Morgan fingerprint density at radius 3 is 2.68 bits per heavy atom. The number of hydrogen-bond acceptors (Lipinski definition) is 2. The van der Waals surface area contributed by atoms with Crippen LogP contribution in [0.5, 0.6) is 0 Å². The van der Waals surface area contributed by atoms with Gasteiger partial charge in [-0.3, -0.25) is 0 Å². The molecule has 0 saturated carbocycles. The van der Waals surface area contributed by atoms with E-state index >= 15 is 0 Å². The largest absolute Gasteiger partial charge is 0.331 e. The van der Waals surface area contributed by atoms with Gasteiger partial charge in [0.15, 0.2) is 0 Å². The summed E-state index contributed by atoms with van der Waals surface area (Å²) in [6, 6.07) is 4.76. The molecule has 1 aromatic heterocycles. The number of halogens is 1. The molecule has 0 aliphatic rings. The van der Waals surface area contributed by atoms with Crippen molar-refractivity contribution in [2.75, 3.05) is 0 Å². The van der Waals surface area contributed by atoms with Crippen LogP contribution in [0.25, 0.3) is 11.0 Å². The average Bonchev–Trinajstić information content (AvgIpc) is 2.52. The van der Waals surface area contributed by atoms with Crippen LogP contribution in [0.2, 0.25) is 0 Å². The molecule has 0 radical (unpaired) electrons. The minimum Gasteiger partial charge on any atom is -0.331 e. The van der Waals surface area contributed by atoms with E-state index in [2.05, 4.69) is 25.8 Å². The molecule has 1 heterocycles. The summed E-state index contributed by atoms with van der Waals surface area (Å²) >= 11 is 0. The van der Waals surface area contributed by atoms with Crippen LogP contribution in [0.15, 0.2) is 18.2 Å². The first-order valence-electron chi connectivity index (χ1n) is 6.63. The van der Waals surface area contributed by atoms with Crippen molar-refractivity contribution in [3.8, 4) is 0 Å². The van der Waals surface area contributed by atoms with E-state index in [1.807, 2.05) is 11.6 Å². The summed E-state index contributed by atoms with van der Waals surface area (Å²) in [5.41, 5.74) is 8.03. The number of nitrogens with two attached hydrogens (primary N) is 1. The molecular formula is C15H22FN3. The Bertz CT molecular complexity index is 581. The molecule has 2 N–H and O–H groups in total. The van der Waals surface area contributed by atoms with Gasteiger partial charge in [0.1, 0.15) is 11.6 Å². The molecule has 104 valence electrons. The zero-order chi connectivity index (χ0) is 14.2. The van der Waals surface area contributed by atoms with E-state index in [0.717, 1.165) is 17.8 Å². The van der Waals surface area contributed by atoms with Crippen molar-refractivity contribution in [1.29, 1.82) is 0 Å². The molecular weight excluding hydrogens is 241 g/mol. The molecule has 2 rings (SSSR count). The van der Waals surface area contributed by atoms with Gasteiger partial charge in [-0.15, -0.1) is 0 Å². The van der Waals surface area contributed by atoms with Gasteiger partial charge in [0.25, 0.3) is 0 Å². The molecule has 0 amide bonds. The first kappa shape index (κ1) is 14.0. The molecule has 2 aromatic rings. The molecule has 0 spiro atoms. The zero-order valence-electron chi connectivity index (χ0n) is 12.1. The fourth-order valence-corrected chi connectivity index (χ4v) is 2.50. The van der Waals surface area contributed by atoms with E-state index in [1.54, 1.807) is 6.07 Å². The Labute approximate surface area is 113 Å². The SMILES string of the molecule is Cn1c(CC(N)CC(C)(C)C)nc2cc(F)ccc21. The zero-order valence-corrected chi connectivity index (χ0v) is 12.1. The minimum atomic E-state index is -0.254. The van der Waals surface area contributed by atoms with E-state index in [-0.39, 0.29) is 17.3 Å². The predicted molar refractivity (Wildman–Crippen MR) is 76.4 cm³/mol. The summed E-state index contributed by atoms with van der Waals surface area (Å²) in [5.74, 6) is 0.661. The van der Waals surface area contributed by atoms with Gasteiger partial charge in [0.05, 0.1) is 11.0 Å². The Morgan fingerprint density at radius 1 is 1.37 bits per heavy atom. The standard InChI is InChI=1S/C15H22FN3/c1-15(2,3)9-11(17)8-14-18-12-7-10(16)5-6-13(12)19(14)4/h5-7,11H,8-9,17H2,1-4H3. The second kappa shape index (κ2) is 4.93. The quantitative estimate of drug-likeness (QED) is 0.925. The highest BCUT2D eigenvalue weighted by Gasteiger charge is 2.18. The maximum Gasteiger partial charge on any atom is 0.125 e. The van der Waals surface area contributed by atoms with Crippen molar-refractivity contribution in [2.45, 2.75) is 39.7 Å². The summed E-state index contributed by atoms with van der Waals surface area (Å²) < 4.78 is 15.2.